The van der Waals surface area contributed by atoms with Gasteiger partial charge in [-0.05, 0) is 49.4 Å². The second kappa shape index (κ2) is 7.92. The summed E-state index contributed by atoms with van der Waals surface area (Å²) in [4.78, 5) is 16.6. The maximum absolute atomic E-state index is 12.3. The first-order chi connectivity index (χ1) is 12.4. The Morgan fingerprint density at radius 1 is 1.27 bits per heavy atom. The number of oxazole rings is 1. The first-order valence-electron chi connectivity index (χ1n) is 7.49. The number of amides is 1. The van der Waals surface area contributed by atoms with E-state index in [1.165, 1.54) is 24.3 Å². The number of benzene rings is 2. The van der Waals surface area contributed by atoms with E-state index in [0.29, 0.717) is 27.0 Å². The molecular formula is C17H13ClF2N2O3S. The zero-order valence-electron chi connectivity index (χ0n) is 13.4. The fourth-order valence-corrected chi connectivity index (χ4v) is 3.02. The molecule has 1 aromatic heterocycles. The standard InChI is InChI=1S/C17H13ClF2N2O3S/c1-9(26-17-22-13-8-10(18)2-7-14(13)25-17)15(23)21-11-3-5-12(6-4-11)24-16(19)20/h2-9,16H,1H3,(H,21,23). The average Bonchev–Trinajstić information content (AvgIpc) is 2.97. The van der Waals surface area contributed by atoms with Gasteiger partial charge >= 0.3 is 6.61 Å². The van der Waals surface area contributed by atoms with Crippen LogP contribution in [0.5, 0.6) is 5.75 Å². The Bertz CT molecular complexity index is 918. The van der Waals surface area contributed by atoms with Crippen LogP contribution < -0.4 is 10.1 Å². The van der Waals surface area contributed by atoms with Gasteiger partial charge in [-0.3, -0.25) is 4.79 Å². The van der Waals surface area contributed by atoms with E-state index in [-0.39, 0.29) is 11.7 Å². The predicted octanol–water partition coefficient (Wildman–Crippen LogP) is 5.20. The zero-order chi connectivity index (χ0) is 18.7. The number of halogens is 3. The molecule has 0 spiro atoms. The van der Waals surface area contributed by atoms with Gasteiger partial charge in [-0.15, -0.1) is 0 Å². The molecule has 1 heterocycles. The van der Waals surface area contributed by atoms with Crippen molar-refractivity contribution in [3.05, 3.63) is 47.5 Å². The maximum atomic E-state index is 12.3. The Morgan fingerprint density at radius 2 is 2.00 bits per heavy atom. The number of thioether (sulfide) groups is 1. The molecule has 0 saturated carbocycles. The van der Waals surface area contributed by atoms with E-state index in [0.717, 1.165) is 11.8 Å². The number of rotatable bonds is 6. The van der Waals surface area contributed by atoms with Crippen molar-refractivity contribution in [2.24, 2.45) is 0 Å². The van der Waals surface area contributed by atoms with Crippen molar-refractivity contribution >= 4 is 46.1 Å². The molecule has 3 aromatic rings. The van der Waals surface area contributed by atoms with Crippen molar-refractivity contribution in [3.63, 3.8) is 0 Å². The summed E-state index contributed by atoms with van der Waals surface area (Å²) in [5, 5.41) is 3.10. The van der Waals surface area contributed by atoms with Gasteiger partial charge in [-0.25, -0.2) is 4.98 Å². The smallest absolute Gasteiger partial charge is 0.387 e. The highest BCUT2D eigenvalue weighted by molar-refractivity contribution is 8.00. The zero-order valence-corrected chi connectivity index (χ0v) is 15.0. The average molecular weight is 399 g/mol. The molecule has 0 radical (unpaired) electrons. The Kier molecular flexibility index (Phi) is 5.63. The SMILES string of the molecule is CC(Sc1nc2cc(Cl)ccc2o1)C(=O)Nc1ccc(OC(F)F)cc1. The minimum atomic E-state index is -2.89. The summed E-state index contributed by atoms with van der Waals surface area (Å²) in [6.45, 7) is -1.19. The van der Waals surface area contributed by atoms with Crippen LogP contribution in [0.1, 0.15) is 6.92 Å². The molecule has 1 unspecified atom stereocenters. The van der Waals surface area contributed by atoms with E-state index in [2.05, 4.69) is 15.0 Å². The summed E-state index contributed by atoms with van der Waals surface area (Å²) >= 11 is 7.07. The number of hydrogen-bond acceptors (Lipinski definition) is 5. The van der Waals surface area contributed by atoms with Crippen LogP contribution in [0.15, 0.2) is 52.1 Å². The van der Waals surface area contributed by atoms with Gasteiger partial charge in [-0.1, -0.05) is 23.4 Å². The third-order valence-corrected chi connectivity index (χ3v) is 4.50. The van der Waals surface area contributed by atoms with E-state index in [9.17, 15) is 13.6 Å². The van der Waals surface area contributed by atoms with Crippen LogP contribution in [0.3, 0.4) is 0 Å². The van der Waals surface area contributed by atoms with Gasteiger partial charge in [0.25, 0.3) is 5.22 Å². The molecule has 2 aromatic carbocycles. The van der Waals surface area contributed by atoms with Gasteiger partial charge in [0, 0.05) is 10.7 Å². The summed E-state index contributed by atoms with van der Waals surface area (Å²) < 4.78 is 34.1. The summed E-state index contributed by atoms with van der Waals surface area (Å²) in [6, 6.07) is 10.7. The maximum Gasteiger partial charge on any atom is 0.387 e. The molecule has 1 amide bonds. The van der Waals surface area contributed by atoms with Gasteiger partial charge in [0.2, 0.25) is 5.91 Å². The van der Waals surface area contributed by atoms with Gasteiger partial charge < -0.3 is 14.5 Å². The lowest BCUT2D eigenvalue weighted by molar-refractivity contribution is -0.115. The third kappa shape index (κ3) is 4.64. The van der Waals surface area contributed by atoms with Crippen LogP contribution in [0.4, 0.5) is 14.5 Å². The van der Waals surface area contributed by atoms with Crippen LogP contribution in [0.25, 0.3) is 11.1 Å². The van der Waals surface area contributed by atoms with Crippen molar-refractivity contribution in [1.29, 1.82) is 0 Å². The number of nitrogens with one attached hydrogen (secondary N) is 1. The third-order valence-electron chi connectivity index (χ3n) is 3.32. The second-order valence-corrected chi connectivity index (χ2v) is 6.97. The number of aromatic nitrogens is 1. The second-order valence-electron chi connectivity index (χ2n) is 5.24. The van der Waals surface area contributed by atoms with Crippen molar-refractivity contribution < 1.29 is 22.7 Å². The summed E-state index contributed by atoms with van der Waals surface area (Å²) in [5.41, 5.74) is 1.66. The molecule has 0 aliphatic heterocycles. The number of anilines is 1. The number of carbonyl (C=O) groups is 1. The number of alkyl halides is 2. The van der Waals surface area contributed by atoms with Crippen molar-refractivity contribution in [1.82, 2.24) is 4.98 Å². The number of fused-ring (bicyclic) bond motifs is 1. The highest BCUT2D eigenvalue weighted by Crippen LogP contribution is 2.29. The van der Waals surface area contributed by atoms with E-state index in [1.54, 1.807) is 25.1 Å². The van der Waals surface area contributed by atoms with Crippen LogP contribution in [0.2, 0.25) is 5.02 Å². The molecule has 0 saturated heterocycles. The van der Waals surface area contributed by atoms with Gasteiger partial charge in [0.05, 0.1) is 5.25 Å². The highest BCUT2D eigenvalue weighted by atomic mass is 35.5. The molecule has 1 N–H and O–H groups in total. The van der Waals surface area contributed by atoms with Gasteiger partial charge in [-0.2, -0.15) is 8.78 Å². The Balaban J connectivity index is 1.61. The molecule has 136 valence electrons. The Hall–Kier alpha value is -2.32. The molecule has 3 rings (SSSR count). The molecule has 0 fully saturated rings. The number of carbonyl (C=O) groups excluding carboxylic acids is 1. The van der Waals surface area contributed by atoms with E-state index >= 15 is 0 Å². The van der Waals surface area contributed by atoms with Crippen LogP contribution in [-0.2, 0) is 4.79 Å². The molecule has 1 atom stereocenters. The lowest BCUT2D eigenvalue weighted by atomic mass is 10.3. The lowest BCUT2D eigenvalue weighted by Crippen LogP contribution is -2.22. The molecular weight excluding hydrogens is 386 g/mol. The lowest BCUT2D eigenvalue weighted by Gasteiger charge is -2.10. The molecule has 0 aliphatic rings. The number of nitrogens with zero attached hydrogens (tertiary/aromatic N) is 1. The Labute approximate surface area is 156 Å². The topological polar surface area (TPSA) is 64.4 Å². The molecule has 9 heteroatoms. The number of ether oxygens (including phenoxy) is 1. The predicted molar refractivity (Wildman–Crippen MR) is 96.0 cm³/mol. The molecule has 5 nitrogen and oxygen atoms in total. The first-order valence-corrected chi connectivity index (χ1v) is 8.75. The van der Waals surface area contributed by atoms with Crippen LogP contribution >= 0.6 is 23.4 Å². The summed E-state index contributed by atoms with van der Waals surface area (Å²) in [7, 11) is 0. The largest absolute Gasteiger partial charge is 0.435 e. The summed E-state index contributed by atoms with van der Waals surface area (Å²) in [6.07, 6.45) is 0. The van der Waals surface area contributed by atoms with Crippen LogP contribution in [0, 0.1) is 0 Å². The first kappa shape index (κ1) is 18.5. The molecule has 0 aliphatic carbocycles. The van der Waals surface area contributed by atoms with Gasteiger partial charge in [0.1, 0.15) is 11.3 Å². The van der Waals surface area contributed by atoms with Crippen molar-refractivity contribution in [3.8, 4) is 5.75 Å². The van der Waals surface area contributed by atoms with Gasteiger partial charge in [0.15, 0.2) is 5.58 Å². The van der Waals surface area contributed by atoms with E-state index < -0.39 is 11.9 Å². The van der Waals surface area contributed by atoms with Crippen LogP contribution in [-0.4, -0.2) is 22.8 Å². The van der Waals surface area contributed by atoms with E-state index in [4.69, 9.17) is 16.0 Å². The quantitative estimate of drug-likeness (QED) is 0.578. The highest BCUT2D eigenvalue weighted by Gasteiger charge is 2.18. The Morgan fingerprint density at radius 3 is 2.69 bits per heavy atom. The fourth-order valence-electron chi connectivity index (χ4n) is 2.10. The van der Waals surface area contributed by atoms with E-state index in [1.807, 2.05) is 0 Å². The normalized spacial score (nSPS) is 12.3. The van der Waals surface area contributed by atoms with Crippen molar-refractivity contribution in [2.75, 3.05) is 5.32 Å². The monoisotopic (exact) mass is 398 g/mol. The van der Waals surface area contributed by atoms with Crippen molar-refractivity contribution in [2.45, 2.75) is 24.0 Å². The molecule has 26 heavy (non-hydrogen) atoms. The molecule has 0 bridgehead atoms. The summed E-state index contributed by atoms with van der Waals surface area (Å²) in [5.74, 6) is -0.261. The minimum absolute atomic E-state index is 0.0190. The number of hydrogen-bond donors (Lipinski definition) is 1. The minimum Gasteiger partial charge on any atom is -0.435 e. The fraction of sp³-hybridized carbons (Fsp3) is 0.176.